The van der Waals surface area contributed by atoms with Crippen LogP contribution in [0, 0.1) is 6.92 Å². The quantitative estimate of drug-likeness (QED) is 0.764. The van der Waals surface area contributed by atoms with Crippen molar-refractivity contribution in [2.24, 2.45) is 0 Å². The summed E-state index contributed by atoms with van der Waals surface area (Å²) in [5.74, 6) is 0.0853. The third kappa shape index (κ3) is 3.03. The van der Waals surface area contributed by atoms with Crippen molar-refractivity contribution in [3.63, 3.8) is 0 Å². The zero-order valence-corrected chi connectivity index (χ0v) is 14.3. The molecule has 0 aromatic heterocycles. The Labute approximate surface area is 138 Å². The standard InChI is InChI=1S/C21H24O2/c1-15-10-12-16(13-11-15)18-14-21(18,17-8-6-5-7-9-17)19(22)23-20(2,3)4/h5-13,18H,14H2,1-4H3/t18-,21-/m0/s1. The summed E-state index contributed by atoms with van der Waals surface area (Å²) < 4.78 is 5.76. The highest BCUT2D eigenvalue weighted by Gasteiger charge is 2.63. The van der Waals surface area contributed by atoms with Crippen LogP contribution in [0.15, 0.2) is 54.6 Å². The Morgan fingerprint density at radius 1 is 1.04 bits per heavy atom. The Kier molecular flexibility index (Phi) is 3.79. The Morgan fingerprint density at radius 2 is 1.65 bits per heavy atom. The summed E-state index contributed by atoms with van der Waals surface area (Å²) in [6.45, 7) is 7.85. The van der Waals surface area contributed by atoms with Gasteiger partial charge >= 0.3 is 5.97 Å². The van der Waals surface area contributed by atoms with Crippen LogP contribution in [-0.2, 0) is 14.9 Å². The first-order valence-corrected chi connectivity index (χ1v) is 8.18. The summed E-state index contributed by atoms with van der Waals surface area (Å²) in [5.41, 5.74) is 2.49. The number of ether oxygens (including phenoxy) is 1. The van der Waals surface area contributed by atoms with Gasteiger partial charge in [-0.05, 0) is 45.2 Å². The van der Waals surface area contributed by atoms with Crippen molar-refractivity contribution in [1.82, 2.24) is 0 Å². The molecule has 1 aliphatic rings. The molecule has 1 aliphatic carbocycles. The Balaban J connectivity index is 1.97. The van der Waals surface area contributed by atoms with E-state index < -0.39 is 11.0 Å². The molecule has 0 N–H and O–H groups in total. The highest BCUT2D eigenvalue weighted by atomic mass is 16.6. The minimum atomic E-state index is -0.538. The predicted octanol–water partition coefficient (Wildman–Crippen LogP) is 4.76. The number of carbonyl (C=O) groups excluding carboxylic acids is 1. The summed E-state index contributed by atoms with van der Waals surface area (Å²) in [6.07, 6.45) is 0.814. The second kappa shape index (κ2) is 5.52. The van der Waals surface area contributed by atoms with Crippen molar-refractivity contribution in [3.8, 4) is 0 Å². The molecule has 0 bridgehead atoms. The third-order valence-electron chi connectivity index (χ3n) is 4.49. The predicted molar refractivity (Wildman–Crippen MR) is 92.5 cm³/mol. The molecule has 3 rings (SSSR count). The van der Waals surface area contributed by atoms with Crippen LogP contribution in [0.3, 0.4) is 0 Å². The van der Waals surface area contributed by atoms with Gasteiger partial charge in [0, 0.05) is 5.92 Å². The average molecular weight is 308 g/mol. The van der Waals surface area contributed by atoms with E-state index in [1.54, 1.807) is 0 Å². The van der Waals surface area contributed by atoms with E-state index in [0.29, 0.717) is 0 Å². The summed E-state index contributed by atoms with van der Waals surface area (Å²) in [7, 11) is 0. The van der Waals surface area contributed by atoms with Crippen molar-refractivity contribution in [2.45, 2.75) is 51.0 Å². The summed E-state index contributed by atoms with van der Waals surface area (Å²) >= 11 is 0. The molecule has 0 saturated heterocycles. The Morgan fingerprint density at radius 3 is 2.22 bits per heavy atom. The van der Waals surface area contributed by atoms with Gasteiger partial charge in [0.25, 0.3) is 0 Å². The molecule has 120 valence electrons. The number of benzene rings is 2. The molecule has 23 heavy (non-hydrogen) atoms. The van der Waals surface area contributed by atoms with Gasteiger partial charge in [0.2, 0.25) is 0 Å². The molecule has 1 fully saturated rings. The first-order valence-electron chi connectivity index (χ1n) is 8.18. The fourth-order valence-corrected chi connectivity index (χ4v) is 3.23. The number of hydrogen-bond acceptors (Lipinski definition) is 2. The second-order valence-corrected chi connectivity index (χ2v) is 7.51. The number of esters is 1. The average Bonchev–Trinajstić information content (AvgIpc) is 3.24. The van der Waals surface area contributed by atoms with Gasteiger partial charge in [0.1, 0.15) is 11.0 Å². The number of aryl methyl sites for hydroxylation is 1. The zero-order valence-electron chi connectivity index (χ0n) is 14.3. The lowest BCUT2D eigenvalue weighted by Crippen LogP contribution is -2.33. The summed E-state index contributed by atoms with van der Waals surface area (Å²) in [5, 5.41) is 0. The van der Waals surface area contributed by atoms with Crippen LogP contribution in [0.1, 0.15) is 49.8 Å². The molecular formula is C21H24O2. The van der Waals surface area contributed by atoms with Gasteiger partial charge in [-0.3, -0.25) is 4.79 Å². The fraction of sp³-hybridized carbons (Fsp3) is 0.381. The van der Waals surface area contributed by atoms with Gasteiger partial charge < -0.3 is 4.74 Å². The lowest BCUT2D eigenvalue weighted by atomic mass is 9.90. The van der Waals surface area contributed by atoms with Crippen molar-refractivity contribution < 1.29 is 9.53 Å². The molecule has 0 heterocycles. The molecule has 1 saturated carbocycles. The van der Waals surface area contributed by atoms with Crippen LogP contribution in [0.25, 0.3) is 0 Å². The third-order valence-corrected chi connectivity index (χ3v) is 4.49. The van der Waals surface area contributed by atoms with Crippen LogP contribution < -0.4 is 0 Å². The number of hydrogen-bond donors (Lipinski definition) is 0. The van der Waals surface area contributed by atoms with Crippen molar-refractivity contribution in [3.05, 3.63) is 71.3 Å². The van der Waals surface area contributed by atoms with Gasteiger partial charge in [0.15, 0.2) is 0 Å². The van der Waals surface area contributed by atoms with Crippen LogP contribution in [0.4, 0.5) is 0 Å². The van der Waals surface area contributed by atoms with E-state index in [0.717, 1.165) is 12.0 Å². The van der Waals surface area contributed by atoms with E-state index in [-0.39, 0.29) is 11.9 Å². The molecule has 0 unspecified atom stereocenters. The highest BCUT2D eigenvalue weighted by molar-refractivity contribution is 5.89. The Bertz CT molecular complexity index is 695. The van der Waals surface area contributed by atoms with E-state index in [2.05, 4.69) is 31.2 Å². The SMILES string of the molecule is Cc1ccc([C@@H]2C[C@]2(C(=O)OC(C)(C)C)c2ccccc2)cc1. The van der Waals surface area contributed by atoms with E-state index in [9.17, 15) is 4.79 Å². The van der Waals surface area contributed by atoms with Crippen LogP contribution in [0.2, 0.25) is 0 Å². The van der Waals surface area contributed by atoms with E-state index in [4.69, 9.17) is 4.74 Å². The lowest BCUT2D eigenvalue weighted by Gasteiger charge is -2.25. The van der Waals surface area contributed by atoms with Crippen molar-refractivity contribution in [1.29, 1.82) is 0 Å². The van der Waals surface area contributed by atoms with Gasteiger partial charge in [0.05, 0.1) is 0 Å². The first kappa shape index (κ1) is 15.8. The minimum Gasteiger partial charge on any atom is -0.459 e. The molecule has 0 amide bonds. The number of rotatable bonds is 3. The normalized spacial score (nSPS) is 23.4. The van der Waals surface area contributed by atoms with Gasteiger partial charge in [-0.25, -0.2) is 0 Å². The van der Waals surface area contributed by atoms with Crippen LogP contribution in [0.5, 0.6) is 0 Å². The maximum atomic E-state index is 13.0. The lowest BCUT2D eigenvalue weighted by molar-refractivity contribution is -0.158. The fourth-order valence-electron chi connectivity index (χ4n) is 3.23. The molecule has 0 spiro atoms. The highest BCUT2D eigenvalue weighted by Crippen LogP contribution is 2.61. The van der Waals surface area contributed by atoms with Crippen LogP contribution in [-0.4, -0.2) is 11.6 Å². The van der Waals surface area contributed by atoms with E-state index in [1.807, 2.05) is 51.1 Å². The van der Waals surface area contributed by atoms with Gasteiger partial charge in [-0.1, -0.05) is 60.2 Å². The van der Waals surface area contributed by atoms with E-state index >= 15 is 0 Å². The maximum Gasteiger partial charge on any atom is 0.317 e. The molecule has 0 radical (unpaired) electrons. The topological polar surface area (TPSA) is 26.3 Å². The first-order chi connectivity index (χ1) is 10.8. The van der Waals surface area contributed by atoms with Crippen molar-refractivity contribution in [2.75, 3.05) is 0 Å². The largest absolute Gasteiger partial charge is 0.459 e. The maximum absolute atomic E-state index is 13.0. The van der Waals surface area contributed by atoms with E-state index in [1.165, 1.54) is 11.1 Å². The molecular weight excluding hydrogens is 284 g/mol. The molecule has 2 aromatic carbocycles. The Hall–Kier alpha value is -2.09. The molecule has 2 atom stereocenters. The van der Waals surface area contributed by atoms with Crippen LogP contribution >= 0.6 is 0 Å². The molecule has 2 heteroatoms. The second-order valence-electron chi connectivity index (χ2n) is 7.51. The molecule has 2 aromatic rings. The zero-order chi connectivity index (χ0) is 16.7. The molecule has 2 nitrogen and oxygen atoms in total. The minimum absolute atomic E-state index is 0.109. The number of carbonyl (C=O) groups is 1. The summed E-state index contributed by atoms with van der Waals surface area (Å²) in [4.78, 5) is 13.0. The van der Waals surface area contributed by atoms with Gasteiger partial charge in [-0.2, -0.15) is 0 Å². The van der Waals surface area contributed by atoms with Crippen molar-refractivity contribution >= 4 is 5.97 Å². The monoisotopic (exact) mass is 308 g/mol. The van der Waals surface area contributed by atoms with Gasteiger partial charge in [-0.15, -0.1) is 0 Å². The smallest absolute Gasteiger partial charge is 0.317 e. The summed E-state index contributed by atoms with van der Waals surface area (Å²) in [6, 6.07) is 18.5. The molecule has 0 aliphatic heterocycles.